The molecule has 202 valence electrons. The smallest absolute Gasteiger partial charge is 0.375 e. The SMILES string of the molecule is C=C(C)N1CCC(c2nnc(SCCCN3CC4CCN(c5ccc(C(F)(F)F)cc5)C4C3)n2C)CC1. The monoisotopic (exact) mass is 534 g/mol. The van der Waals surface area contributed by atoms with E-state index in [9.17, 15) is 13.2 Å². The first-order valence-electron chi connectivity index (χ1n) is 13.3. The molecule has 5 rings (SSSR count). The second kappa shape index (κ2) is 10.9. The lowest BCUT2D eigenvalue weighted by atomic mass is 9.96. The van der Waals surface area contributed by atoms with Crippen LogP contribution in [0.4, 0.5) is 18.9 Å². The molecule has 3 aliphatic heterocycles. The molecule has 3 saturated heterocycles. The van der Waals surface area contributed by atoms with Gasteiger partial charge in [-0.3, -0.25) is 0 Å². The van der Waals surface area contributed by atoms with E-state index in [0.717, 1.165) is 93.1 Å². The molecule has 4 heterocycles. The zero-order valence-electron chi connectivity index (χ0n) is 21.8. The molecule has 37 heavy (non-hydrogen) atoms. The molecule has 0 radical (unpaired) electrons. The number of hydrogen-bond donors (Lipinski definition) is 0. The Bertz CT molecular complexity index is 1080. The van der Waals surface area contributed by atoms with E-state index in [2.05, 4.69) is 50.0 Å². The number of nitrogens with zero attached hydrogens (tertiary/aromatic N) is 6. The summed E-state index contributed by atoms with van der Waals surface area (Å²) < 4.78 is 41.0. The largest absolute Gasteiger partial charge is 0.416 e. The summed E-state index contributed by atoms with van der Waals surface area (Å²) in [6, 6.07) is 6.06. The fourth-order valence-electron chi connectivity index (χ4n) is 6.17. The summed E-state index contributed by atoms with van der Waals surface area (Å²) in [5.41, 5.74) is 1.46. The summed E-state index contributed by atoms with van der Waals surface area (Å²) >= 11 is 1.78. The van der Waals surface area contributed by atoms with Crippen LogP contribution >= 0.6 is 11.8 Å². The number of alkyl halides is 3. The number of fused-ring (bicyclic) bond motifs is 1. The lowest BCUT2D eigenvalue weighted by Crippen LogP contribution is -2.35. The molecule has 3 fully saturated rings. The molecule has 0 saturated carbocycles. The van der Waals surface area contributed by atoms with Crippen LogP contribution in [-0.2, 0) is 13.2 Å². The Kier molecular flexibility index (Phi) is 7.77. The number of likely N-dealkylation sites (tertiary alicyclic amines) is 2. The van der Waals surface area contributed by atoms with Gasteiger partial charge in [-0.25, -0.2) is 0 Å². The number of halogens is 3. The second-order valence-corrected chi connectivity index (χ2v) is 11.8. The van der Waals surface area contributed by atoms with E-state index in [1.54, 1.807) is 23.9 Å². The van der Waals surface area contributed by atoms with Gasteiger partial charge in [0.25, 0.3) is 0 Å². The number of thioether (sulfide) groups is 1. The minimum Gasteiger partial charge on any atom is -0.375 e. The minimum absolute atomic E-state index is 0.391. The molecule has 1 aromatic carbocycles. The van der Waals surface area contributed by atoms with Crippen LogP contribution < -0.4 is 4.90 Å². The maximum absolute atomic E-state index is 12.9. The summed E-state index contributed by atoms with van der Waals surface area (Å²) in [4.78, 5) is 7.17. The van der Waals surface area contributed by atoms with Crippen LogP contribution in [0.25, 0.3) is 0 Å². The number of rotatable bonds is 8. The summed E-state index contributed by atoms with van der Waals surface area (Å²) in [6.07, 6.45) is 0.0609. The molecule has 2 aromatic rings. The molecule has 0 N–H and O–H groups in total. The van der Waals surface area contributed by atoms with Gasteiger partial charge in [0.15, 0.2) is 5.16 Å². The molecule has 0 aliphatic carbocycles. The average molecular weight is 535 g/mol. The number of aromatic nitrogens is 3. The van der Waals surface area contributed by atoms with Gasteiger partial charge in [-0.2, -0.15) is 13.2 Å². The zero-order chi connectivity index (χ0) is 26.2. The van der Waals surface area contributed by atoms with Crippen molar-refractivity contribution >= 4 is 17.4 Å². The van der Waals surface area contributed by atoms with Crippen molar-refractivity contribution in [2.24, 2.45) is 13.0 Å². The molecule has 6 nitrogen and oxygen atoms in total. The van der Waals surface area contributed by atoms with Crippen molar-refractivity contribution in [3.8, 4) is 0 Å². The minimum atomic E-state index is -4.29. The van der Waals surface area contributed by atoms with Crippen LogP contribution in [0.15, 0.2) is 41.7 Å². The Hall–Kier alpha value is -2.20. The van der Waals surface area contributed by atoms with E-state index >= 15 is 0 Å². The van der Waals surface area contributed by atoms with Crippen molar-refractivity contribution in [2.75, 3.05) is 49.9 Å². The number of hydrogen-bond acceptors (Lipinski definition) is 6. The number of piperidine rings is 1. The van der Waals surface area contributed by atoms with Gasteiger partial charge in [-0.05, 0) is 69.3 Å². The first kappa shape index (κ1) is 26.4. The fourth-order valence-corrected chi connectivity index (χ4v) is 7.01. The van der Waals surface area contributed by atoms with Crippen LogP contribution in [0, 0.1) is 5.92 Å². The van der Waals surface area contributed by atoms with Crippen LogP contribution in [-0.4, -0.2) is 75.6 Å². The number of anilines is 1. The third kappa shape index (κ3) is 5.79. The van der Waals surface area contributed by atoms with E-state index in [0.29, 0.717) is 17.9 Å². The van der Waals surface area contributed by atoms with Gasteiger partial charge < -0.3 is 19.3 Å². The first-order valence-corrected chi connectivity index (χ1v) is 14.3. The molecule has 0 spiro atoms. The van der Waals surface area contributed by atoms with Crippen molar-refractivity contribution in [3.63, 3.8) is 0 Å². The van der Waals surface area contributed by atoms with Crippen molar-refractivity contribution in [3.05, 3.63) is 47.9 Å². The molecule has 1 aromatic heterocycles. The Morgan fingerprint density at radius 3 is 2.46 bits per heavy atom. The Morgan fingerprint density at radius 2 is 1.78 bits per heavy atom. The summed E-state index contributed by atoms with van der Waals surface area (Å²) in [7, 11) is 2.08. The van der Waals surface area contributed by atoms with Crippen LogP contribution in [0.1, 0.15) is 49.9 Å². The van der Waals surface area contributed by atoms with E-state index in [-0.39, 0.29) is 0 Å². The quantitative estimate of drug-likeness (QED) is 0.341. The van der Waals surface area contributed by atoms with E-state index in [1.807, 2.05) is 0 Å². The highest BCUT2D eigenvalue weighted by molar-refractivity contribution is 7.99. The molecule has 10 heteroatoms. The van der Waals surface area contributed by atoms with Gasteiger partial charge in [0.2, 0.25) is 0 Å². The predicted molar refractivity (Wildman–Crippen MR) is 142 cm³/mol. The van der Waals surface area contributed by atoms with Crippen LogP contribution in [0.5, 0.6) is 0 Å². The summed E-state index contributed by atoms with van der Waals surface area (Å²) in [5.74, 6) is 3.14. The topological polar surface area (TPSA) is 40.4 Å². The molecule has 2 unspecified atom stereocenters. The van der Waals surface area contributed by atoms with Gasteiger partial charge in [-0.1, -0.05) is 18.3 Å². The highest BCUT2D eigenvalue weighted by atomic mass is 32.2. The summed E-state index contributed by atoms with van der Waals surface area (Å²) in [5, 5.41) is 10.0. The maximum Gasteiger partial charge on any atom is 0.416 e. The van der Waals surface area contributed by atoms with Gasteiger partial charge >= 0.3 is 6.18 Å². The molecular weight excluding hydrogens is 497 g/mol. The number of allylic oxidation sites excluding steroid dienone is 1. The maximum atomic E-state index is 12.9. The lowest BCUT2D eigenvalue weighted by Gasteiger charge is -2.33. The van der Waals surface area contributed by atoms with E-state index in [4.69, 9.17) is 0 Å². The van der Waals surface area contributed by atoms with Crippen molar-refractivity contribution < 1.29 is 13.2 Å². The van der Waals surface area contributed by atoms with Gasteiger partial charge in [-0.15, -0.1) is 10.2 Å². The third-order valence-corrected chi connectivity index (χ3v) is 9.37. The molecular formula is C27H37F3N6S. The molecule has 3 aliphatic rings. The fraction of sp³-hybridized carbons (Fsp3) is 0.630. The van der Waals surface area contributed by atoms with Crippen molar-refractivity contribution in [2.45, 2.75) is 55.9 Å². The highest BCUT2D eigenvalue weighted by Crippen LogP contribution is 2.37. The lowest BCUT2D eigenvalue weighted by molar-refractivity contribution is -0.137. The molecule has 0 bridgehead atoms. The predicted octanol–water partition coefficient (Wildman–Crippen LogP) is 5.24. The number of benzene rings is 1. The standard InChI is InChI=1S/C27H37F3N6S/c1-19(2)35-13-9-20(10-14-35)25-31-32-26(33(25)3)37-16-4-12-34-17-21-11-15-36(24(21)18-34)23-7-5-22(6-8-23)27(28,29)30/h5-8,20-21,24H,1,4,9-18H2,2-3H3. The Labute approximate surface area is 221 Å². The zero-order valence-corrected chi connectivity index (χ0v) is 22.6. The normalized spacial score (nSPS) is 23.2. The average Bonchev–Trinajstić information content (AvgIpc) is 3.56. The Morgan fingerprint density at radius 1 is 1.05 bits per heavy atom. The highest BCUT2D eigenvalue weighted by Gasteiger charge is 2.41. The summed E-state index contributed by atoms with van der Waals surface area (Å²) in [6.45, 7) is 12.2. The van der Waals surface area contributed by atoms with Gasteiger partial charge in [0.05, 0.1) is 5.56 Å². The van der Waals surface area contributed by atoms with Gasteiger partial charge in [0, 0.05) is 68.9 Å². The van der Waals surface area contributed by atoms with Crippen molar-refractivity contribution in [1.82, 2.24) is 24.6 Å². The van der Waals surface area contributed by atoms with Gasteiger partial charge in [0.1, 0.15) is 5.82 Å². The van der Waals surface area contributed by atoms with Crippen LogP contribution in [0.2, 0.25) is 0 Å². The molecule has 2 atom stereocenters. The van der Waals surface area contributed by atoms with E-state index < -0.39 is 11.7 Å². The Balaban J connectivity index is 1.07. The second-order valence-electron chi connectivity index (χ2n) is 10.7. The molecule has 0 amide bonds. The van der Waals surface area contributed by atoms with E-state index in [1.165, 1.54) is 12.1 Å². The first-order chi connectivity index (χ1) is 17.7. The van der Waals surface area contributed by atoms with Crippen LogP contribution in [0.3, 0.4) is 0 Å². The third-order valence-electron chi connectivity index (χ3n) is 8.27. The van der Waals surface area contributed by atoms with Crippen molar-refractivity contribution in [1.29, 1.82) is 0 Å².